The van der Waals surface area contributed by atoms with E-state index in [-0.39, 0.29) is 11.6 Å². The van der Waals surface area contributed by atoms with E-state index in [1.807, 2.05) is 40.3 Å². The lowest BCUT2D eigenvalue weighted by Crippen LogP contribution is -2.26. The van der Waals surface area contributed by atoms with E-state index in [4.69, 9.17) is 4.98 Å². The first-order valence-electron chi connectivity index (χ1n) is 9.69. The van der Waals surface area contributed by atoms with Crippen LogP contribution in [0.2, 0.25) is 0 Å². The summed E-state index contributed by atoms with van der Waals surface area (Å²) in [5.41, 5.74) is 3.17. The van der Waals surface area contributed by atoms with E-state index in [0.717, 1.165) is 45.1 Å². The van der Waals surface area contributed by atoms with Gasteiger partial charge in [0, 0.05) is 29.1 Å². The second-order valence-corrected chi connectivity index (χ2v) is 9.60. The number of thioether (sulfide) groups is 1. The number of aromatic nitrogens is 4. The van der Waals surface area contributed by atoms with E-state index >= 15 is 0 Å². The molecule has 0 aliphatic heterocycles. The lowest BCUT2D eigenvalue weighted by atomic mass is 10.2. The van der Waals surface area contributed by atoms with Crippen LogP contribution < -0.4 is 5.56 Å². The van der Waals surface area contributed by atoms with Gasteiger partial charge in [-0.05, 0) is 44.4 Å². The number of nitrogens with zero attached hydrogens (tertiary/aromatic N) is 4. The monoisotopic (exact) mass is 410 g/mol. The highest BCUT2D eigenvalue weighted by atomic mass is 32.2. The third-order valence-corrected chi connectivity index (χ3v) is 7.74. The summed E-state index contributed by atoms with van der Waals surface area (Å²) in [5.74, 6) is 0.704. The molecule has 5 nitrogen and oxygen atoms in total. The summed E-state index contributed by atoms with van der Waals surface area (Å²) in [7, 11) is 0. The largest absolute Gasteiger partial charge is 0.307 e. The van der Waals surface area contributed by atoms with Crippen molar-refractivity contribution in [3.63, 3.8) is 0 Å². The number of hydrogen-bond donors (Lipinski definition) is 0. The first kappa shape index (κ1) is 17.9. The first-order valence-corrected chi connectivity index (χ1v) is 11.5. The van der Waals surface area contributed by atoms with Crippen LogP contribution in [0, 0.1) is 13.8 Å². The molecule has 0 amide bonds. The van der Waals surface area contributed by atoms with Crippen LogP contribution in [0.3, 0.4) is 0 Å². The molecule has 0 atom stereocenters. The molecule has 1 aliphatic rings. The van der Waals surface area contributed by atoms with Gasteiger partial charge in [-0.2, -0.15) is 0 Å². The van der Waals surface area contributed by atoms with Gasteiger partial charge in [0.25, 0.3) is 5.56 Å². The lowest BCUT2D eigenvalue weighted by molar-refractivity contribution is 0.458. The Hall–Kier alpha value is -2.12. The van der Waals surface area contributed by atoms with Gasteiger partial charge in [-0.15, -0.1) is 11.3 Å². The van der Waals surface area contributed by atoms with Crippen LogP contribution in [0.4, 0.5) is 0 Å². The van der Waals surface area contributed by atoms with Crippen LogP contribution in [0.5, 0.6) is 0 Å². The van der Waals surface area contributed by atoms with Gasteiger partial charge < -0.3 is 4.40 Å². The van der Waals surface area contributed by atoms with E-state index in [2.05, 4.69) is 18.1 Å². The number of rotatable bonds is 4. The Morgan fingerprint density at radius 1 is 1.21 bits per heavy atom. The van der Waals surface area contributed by atoms with Crippen molar-refractivity contribution in [3.05, 3.63) is 57.1 Å². The predicted octanol–water partition coefficient (Wildman–Crippen LogP) is 5.13. The maximum Gasteiger partial charge on any atom is 0.263 e. The lowest BCUT2D eigenvalue weighted by Gasteiger charge is -2.17. The number of aryl methyl sites for hydroxylation is 2. The quantitative estimate of drug-likeness (QED) is 0.346. The SMILES string of the molecule is Cc1sc2nc(SCc3cn4ccccc4n3)n(C3CCCC3)c(=O)c2c1C. The average Bonchev–Trinajstić information content (AvgIpc) is 3.40. The van der Waals surface area contributed by atoms with Crippen LogP contribution in [0.1, 0.15) is 47.9 Å². The molecule has 1 aliphatic carbocycles. The van der Waals surface area contributed by atoms with Gasteiger partial charge in [-0.1, -0.05) is 30.7 Å². The summed E-state index contributed by atoms with van der Waals surface area (Å²) in [5, 5.41) is 1.65. The topological polar surface area (TPSA) is 52.2 Å². The highest BCUT2D eigenvalue weighted by Gasteiger charge is 2.25. The Morgan fingerprint density at radius 2 is 2.04 bits per heavy atom. The van der Waals surface area contributed by atoms with Crippen LogP contribution in [-0.4, -0.2) is 18.9 Å². The summed E-state index contributed by atoms with van der Waals surface area (Å²) in [6.07, 6.45) is 8.57. The van der Waals surface area contributed by atoms with Gasteiger partial charge in [0.15, 0.2) is 5.16 Å². The molecule has 0 aromatic carbocycles. The molecular weight excluding hydrogens is 388 g/mol. The first-order chi connectivity index (χ1) is 13.6. The Labute approximate surface area is 171 Å². The van der Waals surface area contributed by atoms with E-state index in [1.54, 1.807) is 23.1 Å². The molecule has 4 aromatic rings. The molecule has 144 valence electrons. The maximum atomic E-state index is 13.4. The van der Waals surface area contributed by atoms with E-state index in [9.17, 15) is 4.79 Å². The fourth-order valence-corrected chi connectivity index (χ4v) is 6.09. The molecule has 0 spiro atoms. The molecule has 1 saturated carbocycles. The minimum Gasteiger partial charge on any atom is -0.307 e. The van der Waals surface area contributed by atoms with E-state index < -0.39 is 0 Å². The third kappa shape index (κ3) is 2.97. The van der Waals surface area contributed by atoms with Crippen molar-refractivity contribution in [2.24, 2.45) is 0 Å². The molecular formula is C21H22N4OS2. The van der Waals surface area contributed by atoms with Crippen molar-refractivity contribution >= 4 is 39.0 Å². The van der Waals surface area contributed by atoms with Gasteiger partial charge in [0.05, 0.1) is 11.1 Å². The highest BCUT2D eigenvalue weighted by Crippen LogP contribution is 2.35. The van der Waals surface area contributed by atoms with E-state index in [0.29, 0.717) is 5.75 Å². The second-order valence-electron chi connectivity index (χ2n) is 7.46. The zero-order chi connectivity index (χ0) is 19.3. The highest BCUT2D eigenvalue weighted by molar-refractivity contribution is 7.98. The minimum absolute atomic E-state index is 0.135. The average molecular weight is 411 g/mol. The molecule has 0 bridgehead atoms. The normalized spacial score (nSPS) is 15.2. The van der Waals surface area contributed by atoms with Gasteiger partial charge >= 0.3 is 0 Å². The van der Waals surface area contributed by atoms with Crippen molar-refractivity contribution < 1.29 is 0 Å². The summed E-state index contributed by atoms with van der Waals surface area (Å²) >= 11 is 3.26. The van der Waals surface area contributed by atoms with Gasteiger partial charge in [-0.3, -0.25) is 9.36 Å². The molecule has 1 fully saturated rings. The number of hydrogen-bond acceptors (Lipinski definition) is 5. The molecule has 28 heavy (non-hydrogen) atoms. The number of thiophene rings is 1. The third-order valence-electron chi connectivity index (χ3n) is 5.66. The molecule has 4 heterocycles. The van der Waals surface area contributed by atoms with Crippen LogP contribution in [0.25, 0.3) is 15.9 Å². The fourth-order valence-electron chi connectivity index (χ4n) is 4.07. The zero-order valence-corrected chi connectivity index (χ0v) is 17.6. The zero-order valence-electron chi connectivity index (χ0n) is 16.0. The Balaban J connectivity index is 1.56. The standard InChI is InChI=1S/C21H22N4OS2/c1-13-14(2)28-19-18(13)20(26)25(16-7-3-4-8-16)21(23-19)27-12-15-11-24-10-6-5-9-17(24)22-15/h5-6,9-11,16H,3-4,7-8,12H2,1-2H3. The van der Waals surface area contributed by atoms with Gasteiger partial charge in [0.2, 0.25) is 0 Å². The maximum absolute atomic E-state index is 13.4. The van der Waals surface area contributed by atoms with Crippen molar-refractivity contribution in [2.45, 2.75) is 56.5 Å². The van der Waals surface area contributed by atoms with Crippen molar-refractivity contribution in [1.29, 1.82) is 0 Å². The van der Waals surface area contributed by atoms with Crippen LogP contribution in [0.15, 0.2) is 40.5 Å². The molecule has 0 N–H and O–H groups in total. The Morgan fingerprint density at radius 3 is 2.82 bits per heavy atom. The van der Waals surface area contributed by atoms with Crippen LogP contribution >= 0.6 is 23.1 Å². The van der Waals surface area contributed by atoms with Crippen molar-refractivity contribution in [1.82, 2.24) is 18.9 Å². The fraction of sp³-hybridized carbons (Fsp3) is 0.381. The second kappa shape index (κ2) is 7.04. The van der Waals surface area contributed by atoms with Gasteiger partial charge in [0.1, 0.15) is 10.5 Å². The molecule has 0 unspecified atom stereocenters. The molecule has 7 heteroatoms. The summed E-state index contributed by atoms with van der Waals surface area (Å²) < 4.78 is 4.01. The molecule has 4 aromatic heterocycles. The summed E-state index contributed by atoms with van der Waals surface area (Å²) in [4.78, 5) is 25.1. The van der Waals surface area contributed by atoms with Crippen molar-refractivity contribution in [2.75, 3.05) is 0 Å². The summed E-state index contributed by atoms with van der Waals surface area (Å²) in [6, 6.07) is 6.27. The Bertz CT molecular complexity index is 1200. The number of pyridine rings is 1. The Kier molecular flexibility index (Phi) is 4.51. The van der Waals surface area contributed by atoms with Crippen LogP contribution in [-0.2, 0) is 5.75 Å². The minimum atomic E-state index is 0.135. The van der Waals surface area contributed by atoms with E-state index in [1.165, 1.54) is 17.7 Å². The number of imidazole rings is 1. The summed E-state index contributed by atoms with van der Waals surface area (Å²) in [6.45, 7) is 4.12. The smallest absolute Gasteiger partial charge is 0.263 e. The molecule has 5 rings (SSSR count). The number of fused-ring (bicyclic) bond motifs is 2. The van der Waals surface area contributed by atoms with Crippen molar-refractivity contribution in [3.8, 4) is 0 Å². The molecule has 0 saturated heterocycles. The predicted molar refractivity (Wildman–Crippen MR) is 116 cm³/mol. The van der Waals surface area contributed by atoms with Gasteiger partial charge in [-0.25, -0.2) is 9.97 Å². The molecule has 0 radical (unpaired) electrons.